The van der Waals surface area contributed by atoms with E-state index in [1.807, 2.05) is 36.4 Å². The first kappa shape index (κ1) is 32.6. The molecule has 4 heterocycles. The van der Waals surface area contributed by atoms with Gasteiger partial charge in [-0.1, -0.05) is 12.1 Å². The number of benzene rings is 2. The molecule has 2 aliphatic heterocycles. The number of hydrogen-bond acceptors (Lipinski definition) is 8. The predicted molar refractivity (Wildman–Crippen MR) is 188 cm³/mol. The number of sulfonamides is 1. The smallest absolute Gasteiger partial charge is 0.257 e. The molecule has 3 aliphatic rings. The Morgan fingerprint density at radius 1 is 0.854 bits per heavy atom. The number of nitrogens with zero attached hydrogens (tertiary/aromatic N) is 3. The van der Waals surface area contributed by atoms with Gasteiger partial charge in [0.1, 0.15) is 0 Å². The van der Waals surface area contributed by atoms with E-state index in [-0.39, 0.29) is 36.1 Å². The Labute approximate surface area is 286 Å². The van der Waals surface area contributed by atoms with Gasteiger partial charge in [-0.25, -0.2) is 8.42 Å². The van der Waals surface area contributed by atoms with Gasteiger partial charge in [-0.05, 0) is 104 Å². The van der Waals surface area contributed by atoms with Gasteiger partial charge in [0.25, 0.3) is 5.91 Å². The van der Waals surface area contributed by atoms with Crippen LogP contribution >= 0.6 is 11.3 Å². The van der Waals surface area contributed by atoms with Crippen molar-refractivity contribution in [2.75, 3.05) is 49.6 Å². The quantitative estimate of drug-likeness (QED) is 0.207. The second-order valence-corrected chi connectivity index (χ2v) is 15.8. The van der Waals surface area contributed by atoms with E-state index in [9.17, 15) is 18.0 Å². The first-order valence-electron chi connectivity index (χ1n) is 16.8. The van der Waals surface area contributed by atoms with Crippen molar-refractivity contribution >= 4 is 44.4 Å². The molecule has 9 nitrogen and oxygen atoms in total. The standard InChI is InChI=1S/C37H40N4O5S2/c42-33(31-24-29(11-12-32(31)40-17-3-4-18-40)48(44,45)41-19-21-46-22-20-41)25-35-36(30-5-1-2-6-34(30)47-35)37(43)39-28-9-7-26(8-10-28)23-27-13-15-38-16-14-27/h7-16,24H,1-6,17-23,25H2,(H,39,43). The number of anilines is 2. The van der Waals surface area contributed by atoms with E-state index in [0.717, 1.165) is 85.3 Å². The van der Waals surface area contributed by atoms with Crippen molar-refractivity contribution in [3.8, 4) is 0 Å². The van der Waals surface area contributed by atoms with Gasteiger partial charge < -0.3 is 15.0 Å². The zero-order chi connectivity index (χ0) is 33.1. The minimum Gasteiger partial charge on any atom is -0.379 e. The van der Waals surface area contributed by atoms with Crippen LogP contribution < -0.4 is 10.2 Å². The monoisotopic (exact) mass is 684 g/mol. The number of aryl methyl sites for hydroxylation is 1. The third kappa shape index (κ3) is 6.96. The fourth-order valence-electron chi connectivity index (χ4n) is 6.96. The molecule has 0 spiro atoms. The van der Waals surface area contributed by atoms with Gasteiger partial charge in [0.15, 0.2) is 5.78 Å². The Balaban J connectivity index is 1.17. The number of morpholine rings is 1. The van der Waals surface area contributed by atoms with Crippen molar-refractivity contribution in [1.29, 1.82) is 0 Å². The molecule has 11 heteroatoms. The maximum absolute atomic E-state index is 14.3. The largest absolute Gasteiger partial charge is 0.379 e. The molecule has 2 aromatic carbocycles. The lowest BCUT2D eigenvalue weighted by Gasteiger charge is -2.27. The average molecular weight is 685 g/mol. The number of amides is 1. The van der Waals surface area contributed by atoms with Gasteiger partial charge in [0.05, 0.1) is 23.7 Å². The van der Waals surface area contributed by atoms with Crippen LogP contribution in [0.1, 0.15) is 72.8 Å². The van der Waals surface area contributed by atoms with Crippen molar-refractivity contribution in [1.82, 2.24) is 9.29 Å². The molecule has 48 heavy (non-hydrogen) atoms. The number of carbonyl (C=O) groups is 2. The third-order valence-electron chi connectivity index (χ3n) is 9.48. The molecule has 2 aromatic heterocycles. The van der Waals surface area contributed by atoms with Crippen LogP contribution in [0.3, 0.4) is 0 Å². The third-order valence-corrected chi connectivity index (χ3v) is 12.7. The van der Waals surface area contributed by atoms with Crippen LogP contribution in [0.25, 0.3) is 0 Å². The number of fused-ring (bicyclic) bond motifs is 1. The second kappa shape index (κ2) is 14.3. The van der Waals surface area contributed by atoms with E-state index in [0.29, 0.717) is 30.0 Å². The number of aromatic nitrogens is 1. The molecule has 7 rings (SSSR count). The summed E-state index contributed by atoms with van der Waals surface area (Å²) in [5.74, 6) is -0.383. The maximum atomic E-state index is 14.3. The highest BCUT2D eigenvalue weighted by molar-refractivity contribution is 7.89. The van der Waals surface area contributed by atoms with Crippen molar-refractivity contribution in [3.63, 3.8) is 0 Å². The number of pyridine rings is 1. The lowest BCUT2D eigenvalue weighted by molar-refractivity contribution is 0.0730. The summed E-state index contributed by atoms with van der Waals surface area (Å²) in [5.41, 5.74) is 5.80. The Kier molecular flexibility index (Phi) is 9.72. The van der Waals surface area contributed by atoms with E-state index in [1.165, 1.54) is 9.18 Å². The number of thiophene rings is 1. The molecule has 0 bridgehead atoms. The second-order valence-electron chi connectivity index (χ2n) is 12.7. The number of carbonyl (C=O) groups excluding carboxylic acids is 2. The summed E-state index contributed by atoms with van der Waals surface area (Å²) < 4.78 is 34.0. The molecule has 0 radical (unpaired) electrons. The van der Waals surface area contributed by atoms with Crippen LogP contribution in [-0.2, 0) is 40.4 Å². The summed E-state index contributed by atoms with van der Waals surface area (Å²) in [6, 6.07) is 16.8. The Morgan fingerprint density at radius 3 is 2.31 bits per heavy atom. The SMILES string of the molecule is O=C(Cc1sc2c(c1C(=O)Nc1ccc(Cc3ccncc3)cc1)CCCC2)c1cc(S(=O)(=O)N2CCOCC2)ccc1N1CCCC1. The summed E-state index contributed by atoms with van der Waals surface area (Å²) in [4.78, 5) is 36.6. The molecule has 2 saturated heterocycles. The van der Waals surface area contributed by atoms with Crippen molar-refractivity contribution < 1.29 is 22.7 Å². The van der Waals surface area contributed by atoms with E-state index >= 15 is 0 Å². The van der Waals surface area contributed by atoms with E-state index in [2.05, 4.69) is 15.2 Å². The molecule has 0 unspecified atom stereocenters. The highest BCUT2D eigenvalue weighted by Crippen LogP contribution is 2.37. The number of rotatable bonds is 10. The summed E-state index contributed by atoms with van der Waals surface area (Å²) >= 11 is 1.56. The normalized spacial score (nSPS) is 16.9. The number of ether oxygens (including phenoxy) is 1. The molecular formula is C37H40N4O5S2. The first-order chi connectivity index (χ1) is 23.4. The molecule has 250 valence electrons. The molecule has 0 saturated carbocycles. The van der Waals surface area contributed by atoms with Crippen LogP contribution in [0.5, 0.6) is 0 Å². The van der Waals surface area contributed by atoms with Crippen molar-refractivity contribution in [3.05, 3.63) is 105 Å². The summed E-state index contributed by atoms with van der Waals surface area (Å²) in [6.45, 7) is 2.90. The number of Topliss-reactive ketones (excluding diaryl/α,β-unsaturated/α-hetero) is 1. The van der Waals surface area contributed by atoms with Crippen LogP contribution in [-0.4, -0.2) is 68.8 Å². The van der Waals surface area contributed by atoms with E-state index < -0.39 is 10.0 Å². The average Bonchev–Trinajstić information content (AvgIpc) is 3.78. The molecule has 1 N–H and O–H groups in total. The number of hydrogen-bond donors (Lipinski definition) is 1. The number of nitrogens with one attached hydrogen (secondary N) is 1. The summed E-state index contributed by atoms with van der Waals surface area (Å²) in [7, 11) is -3.79. The van der Waals surface area contributed by atoms with Gasteiger partial charge in [-0.15, -0.1) is 11.3 Å². The van der Waals surface area contributed by atoms with Crippen molar-refractivity contribution in [2.24, 2.45) is 0 Å². The van der Waals surface area contributed by atoms with Crippen LogP contribution in [0.15, 0.2) is 71.9 Å². The number of ketones is 1. The summed E-state index contributed by atoms with van der Waals surface area (Å²) in [5, 5.41) is 3.10. The zero-order valence-electron chi connectivity index (χ0n) is 26.9. The summed E-state index contributed by atoms with van der Waals surface area (Å²) in [6.07, 6.45) is 10.2. The fourth-order valence-corrected chi connectivity index (χ4v) is 9.78. The minimum absolute atomic E-state index is 0.0349. The maximum Gasteiger partial charge on any atom is 0.257 e. The molecule has 0 atom stereocenters. The first-order valence-corrected chi connectivity index (χ1v) is 19.1. The van der Waals surface area contributed by atoms with Gasteiger partial charge in [-0.2, -0.15) is 4.31 Å². The molecule has 1 aliphatic carbocycles. The fraction of sp³-hybridized carbons (Fsp3) is 0.378. The Bertz CT molecular complexity index is 1900. The van der Waals surface area contributed by atoms with Gasteiger partial charge in [-0.3, -0.25) is 14.6 Å². The van der Waals surface area contributed by atoms with E-state index in [1.54, 1.807) is 41.9 Å². The molecule has 4 aromatic rings. The Morgan fingerprint density at radius 2 is 1.56 bits per heavy atom. The highest BCUT2D eigenvalue weighted by atomic mass is 32.2. The predicted octanol–water partition coefficient (Wildman–Crippen LogP) is 5.91. The molecular weight excluding hydrogens is 645 g/mol. The van der Waals surface area contributed by atoms with Crippen molar-refractivity contribution in [2.45, 2.75) is 56.3 Å². The molecule has 1 amide bonds. The minimum atomic E-state index is -3.79. The van der Waals surface area contributed by atoms with Gasteiger partial charge in [0, 0.05) is 71.7 Å². The topological polar surface area (TPSA) is 109 Å². The van der Waals surface area contributed by atoms with Gasteiger partial charge in [0.2, 0.25) is 10.0 Å². The zero-order valence-corrected chi connectivity index (χ0v) is 28.6. The Hall–Kier alpha value is -3.90. The molecule has 2 fully saturated rings. The van der Waals surface area contributed by atoms with E-state index in [4.69, 9.17) is 4.74 Å². The van der Waals surface area contributed by atoms with Gasteiger partial charge >= 0.3 is 0 Å². The highest BCUT2D eigenvalue weighted by Gasteiger charge is 2.31. The van der Waals surface area contributed by atoms with Crippen LogP contribution in [0.2, 0.25) is 0 Å². The lowest BCUT2D eigenvalue weighted by atomic mass is 9.93. The van der Waals surface area contributed by atoms with Crippen LogP contribution in [0, 0.1) is 0 Å². The van der Waals surface area contributed by atoms with Crippen LogP contribution in [0.4, 0.5) is 11.4 Å². The lowest BCUT2D eigenvalue weighted by Crippen LogP contribution is -2.40.